The molecule has 134 valence electrons. The number of amides is 1. The second-order valence-electron chi connectivity index (χ2n) is 6.67. The smallest absolute Gasteiger partial charge is 0.278 e. The van der Waals surface area contributed by atoms with E-state index in [1.54, 1.807) is 12.1 Å². The van der Waals surface area contributed by atoms with Gasteiger partial charge in [-0.2, -0.15) is 9.57 Å². The monoisotopic (exact) mass is 363 g/mol. The van der Waals surface area contributed by atoms with Gasteiger partial charge >= 0.3 is 0 Å². The highest BCUT2D eigenvalue weighted by atomic mass is 32.2. The first-order valence-corrected chi connectivity index (χ1v) is 10.0. The van der Waals surface area contributed by atoms with Gasteiger partial charge in [-0.05, 0) is 31.9 Å². The zero-order chi connectivity index (χ0) is 18.0. The summed E-state index contributed by atoms with van der Waals surface area (Å²) in [6.45, 7) is 3.74. The van der Waals surface area contributed by atoms with Gasteiger partial charge in [0.2, 0.25) is 10.0 Å². The Hall–Kier alpha value is -1.95. The van der Waals surface area contributed by atoms with Crippen molar-refractivity contribution in [3.63, 3.8) is 0 Å². The summed E-state index contributed by atoms with van der Waals surface area (Å²) in [6.07, 6.45) is 2.11. The van der Waals surface area contributed by atoms with Crippen LogP contribution in [-0.4, -0.2) is 56.9 Å². The fraction of sp³-hybridized carbons (Fsp3) is 0.529. The number of hydrogen-bond acceptors (Lipinski definition) is 4. The van der Waals surface area contributed by atoms with Crippen LogP contribution in [0.1, 0.15) is 25.3 Å². The lowest BCUT2D eigenvalue weighted by Gasteiger charge is -2.34. The van der Waals surface area contributed by atoms with E-state index in [4.69, 9.17) is 5.26 Å². The molecular weight excluding hydrogens is 340 g/mol. The Kier molecular flexibility index (Phi) is 5.08. The van der Waals surface area contributed by atoms with Crippen LogP contribution in [-0.2, 0) is 14.8 Å². The molecule has 0 spiro atoms. The lowest BCUT2D eigenvalue weighted by Crippen LogP contribution is -3.19. The standard InChI is InChI=1S/C17H22N4O3S/c1-13(17(22)19-15-6-7-15)20-8-10-21(11-9-20)25(23,24)16-5-3-2-4-14(16)12-18/h2-5,13,15H,6-11H2,1H3,(H,19,22)/p+1/t13-/m0/s1. The van der Waals surface area contributed by atoms with E-state index in [2.05, 4.69) is 5.32 Å². The minimum absolute atomic E-state index is 0.0450. The molecule has 0 aromatic heterocycles. The molecule has 2 aliphatic rings. The largest absolute Gasteiger partial charge is 0.348 e. The normalized spacial score (nSPS) is 20.6. The summed E-state index contributed by atoms with van der Waals surface area (Å²) in [5.74, 6) is 0.0450. The van der Waals surface area contributed by atoms with Gasteiger partial charge in [0.05, 0.1) is 36.6 Å². The van der Waals surface area contributed by atoms with Gasteiger partial charge in [0, 0.05) is 6.04 Å². The maximum Gasteiger partial charge on any atom is 0.278 e. The molecule has 0 bridgehead atoms. The maximum absolute atomic E-state index is 12.8. The molecular formula is C17H23N4O3S+. The molecule has 1 aliphatic carbocycles. The minimum Gasteiger partial charge on any atom is -0.348 e. The Morgan fingerprint density at radius 3 is 2.56 bits per heavy atom. The Morgan fingerprint density at radius 2 is 1.96 bits per heavy atom. The third-order valence-corrected chi connectivity index (χ3v) is 6.88. The summed E-state index contributed by atoms with van der Waals surface area (Å²) in [7, 11) is -3.69. The number of piperazine rings is 1. The molecule has 25 heavy (non-hydrogen) atoms. The number of sulfonamides is 1. The van der Waals surface area contributed by atoms with Crippen molar-refractivity contribution in [2.45, 2.75) is 36.7 Å². The molecule has 2 fully saturated rings. The van der Waals surface area contributed by atoms with Gasteiger partial charge in [-0.25, -0.2) is 8.42 Å². The predicted molar refractivity (Wildman–Crippen MR) is 91.2 cm³/mol. The lowest BCUT2D eigenvalue weighted by molar-refractivity contribution is -0.917. The number of nitriles is 1. The first-order chi connectivity index (χ1) is 11.9. The fourth-order valence-electron chi connectivity index (χ4n) is 3.11. The van der Waals surface area contributed by atoms with Crippen molar-refractivity contribution in [3.05, 3.63) is 29.8 Å². The SMILES string of the molecule is C[C@@H](C(=O)NC1CC1)[NH+]1CCN(S(=O)(=O)c2ccccc2C#N)CC1. The molecule has 2 N–H and O–H groups in total. The van der Waals surface area contributed by atoms with Crippen LogP contribution in [0, 0.1) is 11.3 Å². The molecule has 1 aromatic carbocycles. The van der Waals surface area contributed by atoms with Crippen molar-refractivity contribution in [1.82, 2.24) is 9.62 Å². The summed E-state index contributed by atoms with van der Waals surface area (Å²) in [4.78, 5) is 13.3. The van der Waals surface area contributed by atoms with Crippen LogP contribution in [0.4, 0.5) is 0 Å². The van der Waals surface area contributed by atoms with E-state index in [1.807, 2.05) is 13.0 Å². The molecule has 8 heteroatoms. The summed E-state index contributed by atoms with van der Waals surface area (Å²) >= 11 is 0. The van der Waals surface area contributed by atoms with Gasteiger partial charge in [0.15, 0.2) is 6.04 Å². The van der Waals surface area contributed by atoms with Crippen LogP contribution in [0.5, 0.6) is 0 Å². The van der Waals surface area contributed by atoms with Gasteiger partial charge < -0.3 is 10.2 Å². The summed E-state index contributed by atoms with van der Waals surface area (Å²) in [5.41, 5.74) is 0.162. The first-order valence-electron chi connectivity index (χ1n) is 8.57. The average molecular weight is 363 g/mol. The number of nitrogens with zero attached hydrogens (tertiary/aromatic N) is 2. The molecule has 0 radical (unpaired) electrons. The second-order valence-corrected chi connectivity index (χ2v) is 8.58. The van der Waals surface area contributed by atoms with Gasteiger partial charge in [-0.3, -0.25) is 4.79 Å². The number of carbonyl (C=O) groups is 1. The highest BCUT2D eigenvalue weighted by Crippen LogP contribution is 2.20. The minimum atomic E-state index is -3.69. The quantitative estimate of drug-likeness (QED) is 0.710. The van der Waals surface area contributed by atoms with E-state index in [0.717, 1.165) is 17.7 Å². The number of rotatable bonds is 5. The Balaban J connectivity index is 1.65. The molecule has 1 aliphatic heterocycles. The zero-order valence-corrected chi connectivity index (χ0v) is 15.1. The number of quaternary nitrogens is 1. The van der Waals surface area contributed by atoms with Crippen LogP contribution in [0.3, 0.4) is 0 Å². The van der Waals surface area contributed by atoms with Gasteiger partial charge in [-0.1, -0.05) is 12.1 Å². The molecule has 1 aromatic rings. The molecule has 1 saturated heterocycles. The molecule has 1 amide bonds. The Labute approximate surface area is 148 Å². The molecule has 1 heterocycles. The van der Waals surface area contributed by atoms with Crippen molar-refractivity contribution in [3.8, 4) is 6.07 Å². The van der Waals surface area contributed by atoms with E-state index in [0.29, 0.717) is 32.2 Å². The van der Waals surface area contributed by atoms with Gasteiger partial charge in [0.25, 0.3) is 5.91 Å². The summed E-state index contributed by atoms with van der Waals surface area (Å²) < 4.78 is 27.0. The van der Waals surface area contributed by atoms with Crippen molar-refractivity contribution in [2.75, 3.05) is 26.2 Å². The van der Waals surface area contributed by atoms with E-state index < -0.39 is 10.0 Å². The fourth-order valence-corrected chi connectivity index (χ4v) is 4.69. The zero-order valence-electron chi connectivity index (χ0n) is 14.2. The number of carbonyl (C=O) groups excluding carboxylic acids is 1. The van der Waals surface area contributed by atoms with E-state index in [-0.39, 0.29) is 22.4 Å². The van der Waals surface area contributed by atoms with Crippen LogP contribution < -0.4 is 10.2 Å². The molecule has 3 rings (SSSR count). The Bertz CT molecular complexity index is 790. The van der Waals surface area contributed by atoms with Crippen LogP contribution in [0.2, 0.25) is 0 Å². The van der Waals surface area contributed by atoms with Crippen LogP contribution >= 0.6 is 0 Å². The number of nitrogens with one attached hydrogen (secondary N) is 2. The van der Waals surface area contributed by atoms with E-state index in [9.17, 15) is 13.2 Å². The Morgan fingerprint density at radius 1 is 1.32 bits per heavy atom. The molecule has 1 saturated carbocycles. The third kappa shape index (κ3) is 3.84. The van der Waals surface area contributed by atoms with Crippen LogP contribution in [0.25, 0.3) is 0 Å². The van der Waals surface area contributed by atoms with Crippen LogP contribution in [0.15, 0.2) is 29.2 Å². The first kappa shape index (κ1) is 17.9. The van der Waals surface area contributed by atoms with E-state index >= 15 is 0 Å². The van der Waals surface area contributed by atoms with Gasteiger partial charge in [-0.15, -0.1) is 0 Å². The molecule has 7 nitrogen and oxygen atoms in total. The van der Waals surface area contributed by atoms with Crippen molar-refractivity contribution in [2.24, 2.45) is 0 Å². The topological polar surface area (TPSA) is 94.7 Å². The maximum atomic E-state index is 12.8. The van der Waals surface area contributed by atoms with Crippen molar-refractivity contribution in [1.29, 1.82) is 5.26 Å². The van der Waals surface area contributed by atoms with E-state index in [1.165, 1.54) is 16.4 Å². The molecule has 1 atom stereocenters. The summed E-state index contributed by atoms with van der Waals surface area (Å²) in [5, 5.41) is 12.2. The van der Waals surface area contributed by atoms with Gasteiger partial charge in [0.1, 0.15) is 6.07 Å². The summed E-state index contributed by atoms with van der Waals surface area (Å²) in [6, 6.07) is 8.35. The third-order valence-electron chi connectivity index (χ3n) is 4.92. The van der Waals surface area contributed by atoms with Crippen molar-refractivity contribution >= 4 is 15.9 Å². The average Bonchev–Trinajstić information content (AvgIpc) is 3.45. The number of benzene rings is 1. The number of hydrogen-bond donors (Lipinski definition) is 2. The predicted octanol–water partition coefficient (Wildman–Crippen LogP) is -0.885. The highest BCUT2D eigenvalue weighted by Gasteiger charge is 2.36. The lowest BCUT2D eigenvalue weighted by atomic mass is 10.2. The van der Waals surface area contributed by atoms with Crippen molar-refractivity contribution < 1.29 is 18.1 Å². The highest BCUT2D eigenvalue weighted by molar-refractivity contribution is 7.89. The molecule has 0 unspecified atom stereocenters. The second kappa shape index (κ2) is 7.12.